The zero-order chi connectivity index (χ0) is 15.4. The minimum Gasteiger partial charge on any atom is -0.496 e. The Balaban J connectivity index is 2.15. The van der Waals surface area contributed by atoms with E-state index in [-0.39, 0.29) is 6.42 Å². The largest absolute Gasteiger partial charge is 0.496 e. The summed E-state index contributed by atoms with van der Waals surface area (Å²) in [4.78, 5) is 0. The normalized spacial score (nSPS) is 12.2. The average Bonchev–Trinajstić information content (AvgIpc) is 2.43. The van der Waals surface area contributed by atoms with Crippen LogP contribution in [0.15, 0.2) is 36.4 Å². The predicted octanol–water partition coefficient (Wildman–Crippen LogP) is 3.94. The minimum atomic E-state index is -0.727. The van der Waals surface area contributed by atoms with Gasteiger partial charge in [0, 0.05) is 23.4 Å². The van der Waals surface area contributed by atoms with Crippen LogP contribution in [0, 0.1) is 12.7 Å². The third kappa shape index (κ3) is 3.96. The highest BCUT2D eigenvalue weighted by Gasteiger charge is 2.15. The van der Waals surface area contributed by atoms with Gasteiger partial charge in [0.25, 0.3) is 0 Å². The molecule has 112 valence electrons. The number of hydrogen-bond donors (Lipinski definition) is 1. The van der Waals surface area contributed by atoms with Crippen molar-refractivity contribution in [2.24, 2.45) is 0 Å². The summed E-state index contributed by atoms with van der Waals surface area (Å²) in [5.41, 5.74) is 2.33. The van der Waals surface area contributed by atoms with Gasteiger partial charge in [0.2, 0.25) is 0 Å². The summed E-state index contributed by atoms with van der Waals surface area (Å²) in [6.07, 6.45) is -0.173. The molecule has 2 rings (SSSR count). The molecule has 0 aromatic heterocycles. The van der Waals surface area contributed by atoms with Gasteiger partial charge < -0.3 is 9.84 Å². The second kappa shape index (κ2) is 6.92. The molecular weight excluding hydrogens is 291 g/mol. The first-order chi connectivity index (χ1) is 10.0. The van der Waals surface area contributed by atoms with Gasteiger partial charge in [-0.3, -0.25) is 0 Å². The minimum absolute atomic E-state index is 0.169. The SMILES string of the molecule is COc1ccc(C)cc1CC(O)Cc1c(F)cccc1Cl. The second-order valence-corrected chi connectivity index (χ2v) is 5.48. The zero-order valence-electron chi connectivity index (χ0n) is 12.1. The summed E-state index contributed by atoms with van der Waals surface area (Å²) in [5.74, 6) is 0.331. The molecule has 0 aliphatic rings. The van der Waals surface area contributed by atoms with Crippen LogP contribution in [-0.2, 0) is 12.8 Å². The molecule has 0 amide bonds. The van der Waals surface area contributed by atoms with E-state index in [9.17, 15) is 9.50 Å². The van der Waals surface area contributed by atoms with Gasteiger partial charge in [-0.1, -0.05) is 35.4 Å². The molecule has 2 aromatic carbocycles. The molecule has 2 aromatic rings. The van der Waals surface area contributed by atoms with Crippen LogP contribution >= 0.6 is 11.6 Å². The van der Waals surface area contributed by atoms with Crippen LogP contribution in [0.3, 0.4) is 0 Å². The van der Waals surface area contributed by atoms with Crippen molar-refractivity contribution in [3.05, 3.63) is 63.9 Å². The summed E-state index contributed by atoms with van der Waals surface area (Å²) in [7, 11) is 1.59. The Morgan fingerprint density at radius 1 is 1.24 bits per heavy atom. The number of aryl methyl sites for hydroxylation is 1. The van der Waals surface area contributed by atoms with Gasteiger partial charge in [-0.05, 0) is 30.7 Å². The van der Waals surface area contributed by atoms with E-state index < -0.39 is 11.9 Å². The van der Waals surface area contributed by atoms with E-state index >= 15 is 0 Å². The van der Waals surface area contributed by atoms with Crippen LogP contribution in [0.25, 0.3) is 0 Å². The Morgan fingerprint density at radius 2 is 2.00 bits per heavy atom. The molecular formula is C17H18ClFO2. The standard InChI is InChI=1S/C17H18ClFO2/c1-11-6-7-17(21-2)12(8-11)9-13(20)10-14-15(18)4-3-5-16(14)19/h3-8,13,20H,9-10H2,1-2H3. The number of aliphatic hydroxyl groups excluding tert-OH is 1. The molecule has 1 unspecified atom stereocenters. The lowest BCUT2D eigenvalue weighted by molar-refractivity contribution is 0.173. The molecule has 21 heavy (non-hydrogen) atoms. The van der Waals surface area contributed by atoms with Crippen molar-refractivity contribution < 1.29 is 14.2 Å². The average molecular weight is 309 g/mol. The van der Waals surface area contributed by atoms with Crippen molar-refractivity contribution >= 4 is 11.6 Å². The maximum absolute atomic E-state index is 13.7. The molecule has 0 saturated carbocycles. The number of rotatable bonds is 5. The van der Waals surface area contributed by atoms with Gasteiger partial charge in [-0.15, -0.1) is 0 Å². The molecule has 0 fully saturated rings. The van der Waals surface area contributed by atoms with Crippen molar-refractivity contribution in [3.63, 3.8) is 0 Å². The van der Waals surface area contributed by atoms with Crippen LogP contribution in [0.2, 0.25) is 5.02 Å². The fourth-order valence-electron chi connectivity index (χ4n) is 2.36. The molecule has 2 nitrogen and oxygen atoms in total. The highest BCUT2D eigenvalue weighted by atomic mass is 35.5. The monoisotopic (exact) mass is 308 g/mol. The zero-order valence-corrected chi connectivity index (χ0v) is 12.8. The van der Waals surface area contributed by atoms with E-state index in [4.69, 9.17) is 16.3 Å². The lowest BCUT2D eigenvalue weighted by Gasteiger charge is -2.15. The Morgan fingerprint density at radius 3 is 2.67 bits per heavy atom. The lowest BCUT2D eigenvalue weighted by atomic mass is 9.99. The first kappa shape index (κ1) is 15.8. The maximum Gasteiger partial charge on any atom is 0.127 e. The number of aliphatic hydroxyl groups is 1. The van der Waals surface area contributed by atoms with Crippen LogP contribution < -0.4 is 4.74 Å². The fourth-order valence-corrected chi connectivity index (χ4v) is 2.60. The van der Waals surface area contributed by atoms with E-state index in [1.165, 1.54) is 6.07 Å². The predicted molar refractivity (Wildman–Crippen MR) is 82.6 cm³/mol. The summed E-state index contributed by atoms with van der Waals surface area (Å²) in [6, 6.07) is 10.3. The van der Waals surface area contributed by atoms with Crippen molar-refractivity contribution in [3.8, 4) is 5.75 Å². The van der Waals surface area contributed by atoms with Crippen molar-refractivity contribution in [1.82, 2.24) is 0 Å². The van der Waals surface area contributed by atoms with Crippen LogP contribution in [0.1, 0.15) is 16.7 Å². The first-order valence-corrected chi connectivity index (χ1v) is 7.13. The topological polar surface area (TPSA) is 29.5 Å². The maximum atomic E-state index is 13.7. The van der Waals surface area contributed by atoms with E-state index in [2.05, 4.69) is 0 Å². The number of benzene rings is 2. The Kier molecular flexibility index (Phi) is 5.21. The van der Waals surface area contributed by atoms with Crippen molar-refractivity contribution in [1.29, 1.82) is 0 Å². The van der Waals surface area contributed by atoms with Gasteiger partial charge >= 0.3 is 0 Å². The Labute approximate surface area is 129 Å². The third-order valence-corrected chi connectivity index (χ3v) is 3.75. The number of ether oxygens (including phenoxy) is 1. The van der Waals surface area contributed by atoms with Crippen LogP contribution in [-0.4, -0.2) is 18.3 Å². The third-order valence-electron chi connectivity index (χ3n) is 3.39. The highest BCUT2D eigenvalue weighted by molar-refractivity contribution is 6.31. The van der Waals surface area contributed by atoms with E-state index in [1.54, 1.807) is 19.2 Å². The molecule has 0 aliphatic carbocycles. The van der Waals surface area contributed by atoms with Gasteiger partial charge in [0.1, 0.15) is 11.6 Å². The molecule has 4 heteroatoms. The molecule has 0 spiro atoms. The molecule has 0 heterocycles. The van der Waals surface area contributed by atoms with Crippen molar-refractivity contribution in [2.75, 3.05) is 7.11 Å². The summed E-state index contributed by atoms with van der Waals surface area (Å²) in [6.45, 7) is 1.98. The van der Waals surface area contributed by atoms with Crippen molar-refractivity contribution in [2.45, 2.75) is 25.9 Å². The number of hydrogen-bond acceptors (Lipinski definition) is 2. The van der Waals surface area contributed by atoms with E-state index in [1.807, 2.05) is 25.1 Å². The first-order valence-electron chi connectivity index (χ1n) is 6.75. The van der Waals surface area contributed by atoms with Gasteiger partial charge in [-0.25, -0.2) is 4.39 Å². The smallest absolute Gasteiger partial charge is 0.127 e. The lowest BCUT2D eigenvalue weighted by Crippen LogP contribution is -2.16. The van der Waals surface area contributed by atoms with E-state index in [0.29, 0.717) is 17.0 Å². The van der Waals surface area contributed by atoms with Gasteiger partial charge in [0.05, 0.1) is 13.2 Å². The molecule has 0 radical (unpaired) electrons. The Bertz CT molecular complexity index is 608. The molecule has 1 N–H and O–H groups in total. The van der Waals surface area contributed by atoms with Gasteiger partial charge in [0.15, 0.2) is 0 Å². The van der Waals surface area contributed by atoms with Gasteiger partial charge in [-0.2, -0.15) is 0 Å². The quantitative estimate of drug-likeness (QED) is 0.906. The highest BCUT2D eigenvalue weighted by Crippen LogP contribution is 2.24. The molecule has 1 atom stereocenters. The van der Waals surface area contributed by atoms with Crippen LogP contribution in [0.5, 0.6) is 5.75 Å². The number of methoxy groups -OCH3 is 1. The van der Waals surface area contributed by atoms with E-state index in [0.717, 1.165) is 16.9 Å². The number of halogens is 2. The Hall–Kier alpha value is -1.58. The summed E-state index contributed by atoms with van der Waals surface area (Å²) < 4.78 is 19.0. The fraction of sp³-hybridized carbons (Fsp3) is 0.294. The summed E-state index contributed by atoms with van der Waals surface area (Å²) in [5, 5.41) is 10.6. The summed E-state index contributed by atoms with van der Waals surface area (Å²) >= 11 is 5.98. The second-order valence-electron chi connectivity index (χ2n) is 5.08. The molecule has 0 saturated heterocycles. The molecule has 0 aliphatic heterocycles. The van der Waals surface area contributed by atoms with Crippen LogP contribution in [0.4, 0.5) is 4.39 Å². The molecule has 0 bridgehead atoms.